The average molecular weight is 263 g/mol. The van der Waals surface area contributed by atoms with Crippen molar-refractivity contribution >= 4 is 22.9 Å². The summed E-state index contributed by atoms with van der Waals surface area (Å²) >= 11 is 7.71. The zero-order valence-corrected chi connectivity index (χ0v) is 11.5. The third-order valence-electron chi connectivity index (χ3n) is 2.75. The van der Waals surface area contributed by atoms with Gasteiger partial charge in [0.1, 0.15) is 0 Å². The molecule has 1 unspecified atom stereocenters. The number of rotatable bonds is 6. The van der Waals surface area contributed by atoms with Crippen LogP contribution < -0.4 is 11.3 Å². The number of halogens is 1. The molecular weight excluding hydrogens is 244 g/mol. The van der Waals surface area contributed by atoms with E-state index in [9.17, 15) is 0 Å². The second-order valence-corrected chi connectivity index (χ2v) is 5.71. The van der Waals surface area contributed by atoms with Crippen molar-refractivity contribution in [2.24, 2.45) is 5.84 Å². The average Bonchev–Trinajstić information content (AvgIpc) is 2.66. The summed E-state index contributed by atoms with van der Waals surface area (Å²) in [6.45, 7) is 4.13. The molecule has 1 aromatic rings. The molecule has 0 spiro atoms. The van der Waals surface area contributed by atoms with E-state index in [0.29, 0.717) is 0 Å². The SMILES string of the molecule is COC(C)(C)CCC(NN)c1sccc1Cl. The molecule has 0 aliphatic heterocycles. The molecule has 0 saturated heterocycles. The smallest absolute Gasteiger partial charge is 0.0623 e. The van der Waals surface area contributed by atoms with Gasteiger partial charge in [-0.05, 0) is 38.1 Å². The molecule has 0 radical (unpaired) electrons. The molecule has 0 saturated carbocycles. The molecule has 1 aromatic heterocycles. The van der Waals surface area contributed by atoms with Gasteiger partial charge in [0.2, 0.25) is 0 Å². The van der Waals surface area contributed by atoms with Crippen molar-refractivity contribution in [3.63, 3.8) is 0 Å². The third kappa shape index (κ3) is 3.71. The minimum absolute atomic E-state index is 0.0990. The van der Waals surface area contributed by atoms with Crippen molar-refractivity contribution in [1.29, 1.82) is 0 Å². The van der Waals surface area contributed by atoms with E-state index in [-0.39, 0.29) is 11.6 Å². The van der Waals surface area contributed by atoms with E-state index in [1.165, 1.54) is 0 Å². The highest BCUT2D eigenvalue weighted by molar-refractivity contribution is 7.10. The monoisotopic (exact) mass is 262 g/mol. The first kappa shape index (κ1) is 13.9. The van der Waals surface area contributed by atoms with Gasteiger partial charge in [-0.2, -0.15) is 0 Å². The predicted molar refractivity (Wildman–Crippen MR) is 69.7 cm³/mol. The summed E-state index contributed by atoms with van der Waals surface area (Å²) in [6, 6.07) is 2.00. The van der Waals surface area contributed by atoms with E-state index in [1.54, 1.807) is 18.4 Å². The molecule has 1 rings (SSSR count). The Morgan fingerprint density at radius 2 is 2.31 bits per heavy atom. The molecule has 0 bridgehead atoms. The van der Waals surface area contributed by atoms with E-state index in [4.69, 9.17) is 22.2 Å². The molecule has 0 fully saturated rings. The molecule has 5 heteroatoms. The van der Waals surface area contributed by atoms with Crippen LogP contribution in [0.1, 0.15) is 37.6 Å². The number of thiophene rings is 1. The zero-order chi connectivity index (χ0) is 12.2. The van der Waals surface area contributed by atoms with Crippen LogP contribution in [0.25, 0.3) is 0 Å². The molecule has 0 aliphatic rings. The van der Waals surface area contributed by atoms with Crippen molar-refractivity contribution in [3.05, 3.63) is 21.3 Å². The molecule has 92 valence electrons. The molecule has 1 heterocycles. The minimum Gasteiger partial charge on any atom is -0.379 e. The summed E-state index contributed by atoms with van der Waals surface area (Å²) in [6.07, 6.45) is 1.82. The van der Waals surface area contributed by atoms with Gasteiger partial charge in [-0.1, -0.05) is 11.6 Å². The second-order valence-electron chi connectivity index (χ2n) is 4.35. The number of nitrogens with one attached hydrogen (secondary N) is 1. The van der Waals surface area contributed by atoms with E-state index in [1.807, 2.05) is 11.4 Å². The Bertz CT molecular complexity index is 328. The Morgan fingerprint density at radius 1 is 1.62 bits per heavy atom. The molecule has 3 N–H and O–H groups in total. The highest BCUT2D eigenvalue weighted by atomic mass is 35.5. The van der Waals surface area contributed by atoms with Crippen LogP contribution in [-0.2, 0) is 4.74 Å². The number of hydrogen-bond acceptors (Lipinski definition) is 4. The van der Waals surface area contributed by atoms with E-state index in [0.717, 1.165) is 22.7 Å². The van der Waals surface area contributed by atoms with Gasteiger partial charge < -0.3 is 4.74 Å². The lowest BCUT2D eigenvalue weighted by atomic mass is 9.98. The van der Waals surface area contributed by atoms with Gasteiger partial charge in [0.15, 0.2) is 0 Å². The number of ether oxygens (including phenoxy) is 1. The lowest BCUT2D eigenvalue weighted by Crippen LogP contribution is -2.30. The van der Waals surface area contributed by atoms with Crippen LogP contribution in [0.4, 0.5) is 0 Å². The Balaban J connectivity index is 2.60. The Labute approximate surface area is 106 Å². The van der Waals surface area contributed by atoms with E-state index < -0.39 is 0 Å². The molecular formula is C11H19ClN2OS. The summed E-state index contributed by atoms with van der Waals surface area (Å²) < 4.78 is 5.38. The second kappa shape index (κ2) is 5.98. The maximum Gasteiger partial charge on any atom is 0.0623 e. The maximum atomic E-state index is 6.08. The summed E-state index contributed by atoms with van der Waals surface area (Å²) in [5.74, 6) is 5.56. The highest BCUT2D eigenvalue weighted by Gasteiger charge is 2.21. The summed E-state index contributed by atoms with van der Waals surface area (Å²) in [5.41, 5.74) is 2.69. The first-order valence-corrected chi connectivity index (χ1v) is 6.50. The van der Waals surface area contributed by atoms with Crippen molar-refractivity contribution in [3.8, 4) is 0 Å². The van der Waals surface area contributed by atoms with Crippen molar-refractivity contribution in [2.75, 3.05) is 7.11 Å². The van der Waals surface area contributed by atoms with Gasteiger partial charge in [-0.3, -0.25) is 11.3 Å². The number of hydrazine groups is 1. The van der Waals surface area contributed by atoms with E-state index >= 15 is 0 Å². The molecule has 16 heavy (non-hydrogen) atoms. The lowest BCUT2D eigenvalue weighted by Gasteiger charge is -2.25. The van der Waals surface area contributed by atoms with Crippen LogP contribution in [0.5, 0.6) is 0 Å². The number of methoxy groups -OCH3 is 1. The largest absolute Gasteiger partial charge is 0.379 e. The predicted octanol–water partition coefficient (Wildman–Crippen LogP) is 3.11. The quantitative estimate of drug-likeness (QED) is 0.612. The van der Waals surface area contributed by atoms with Gasteiger partial charge in [-0.25, -0.2) is 0 Å². The first-order valence-electron chi connectivity index (χ1n) is 5.24. The number of hydrogen-bond donors (Lipinski definition) is 2. The fourth-order valence-corrected chi connectivity index (χ4v) is 2.72. The fourth-order valence-electron chi connectivity index (χ4n) is 1.44. The molecule has 1 atom stereocenters. The summed E-state index contributed by atoms with van der Waals surface area (Å²) in [7, 11) is 1.73. The van der Waals surface area contributed by atoms with Gasteiger partial charge in [0.25, 0.3) is 0 Å². The van der Waals surface area contributed by atoms with Crippen LogP contribution >= 0.6 is 22.9 Å². The van der Waals surface area contributed by atoms with Crippen LogP contribution in [0, 0.1) is 0 Å². The lowest BCUT2D eigenvalue weighted by molar-refractivity contribution is 0.0117. The highest BCUT2D eigenvalue weighted by Crippen LogP contribution is 2.32. The third-order valence-corrected chi connectivity index (χ3v) is 4.22. The standard InChI is InChI=1S/C11H19ClN2OS/c1-11(2,15-3)6-4-9(14-13)10-8(12)5-7-16-10/h5,7,9,14H,4,6,13H2,1-3H3. The zero-order valence-electron chi connectivity index (χ0n) is 9.92. The first-order chi connectivity index (χ1) is 7.50. The normalized spacial score (nSPS) is 14.1. The van der Waals surface area contributed by atoms with Crippen LogP contribution in [0.2, 0.25) is 5.02 Å². The fraction of sp³-hybridized carbons (Fsp3) is 0.636. The Morgan fingerprint density at radius 3 is 2.75 bits per heavy atom. The van der Waals surface area contributed by atoms with Crippen molar-refractivity contribution in [1.82, 2.24) is 5.43 Å². The van der Waals surface area contributed by atoms with Crippen molar-refractivity contribution in [2.45, 2.75) is 38.3 Å². The molecule has 0 aromatic carbocycles. The van der Waals surface area contributed by atoms with Gasteiger partial charge in [0.05, 0.1) is 16.7 Å². The van der Waals surface area contributed by atoms with Crippen molar-refractivity contribution < 1.29 is 4.74 Å². The molecule has 3 nitrogen and oxygen atoms in total. The van der Waals surface area contributed by atoms with Crippen LogP contribution in [0.3, 0.4) is 0 Å². The maximum absolute atomic E-state index is 6.08. The summed E-state index contributed by atoms with van der Waals surface area (Å²) in [4.78, 5) is 1.09. The topological polar surface area (TPSA) is 47.3 Å². The Kier molecular flexibility index (Phi) is 5.21. The number of nitrogens with two attached hydrogens (primary N) is 1. The molecule has 0 amide bonds. The minimum atomic E-state index is -0.126. The van der Waals surface area contributed by atoms with Gasteiger partial charge in [-0.15, -0.1) is 11.3 Å². The van der Waals surface area contributed by atoms with Gasteiger partial charge >= 0.3 is 0 Å². The molecule has 0 aliphatic carbocycles. The van der Waals surface area contributed by atoms with Crippen LogP contribution in [-0.4, -0.2) is 12.7 Å². The van der Waals surface area contributed by atoms with Gasteiger partial charge in [0, 0.05) is 12.0 Å². The Hall–Kier alpha value is -0.130. The van der Waals surface area contributed by atoms with E-state index in [2.05, 4.69) is 19.3 Å². The van der Waals surface area contributed by atoms with Crippen LogP contribution in [0.15, 0.2) is 11.4 Å². The summed E-state index contributed by atoms with van der Waals surface area (Å²) in [5, 5.41) is 2.76.